The Bertz CT molecular complexity index is 490. The molecule has 3 N–H and O–H groups in total. The summed E-state index contributed by atoms with van der Waals surface area (Å²) in [5, 5.41) is 3.29. The highest BCUT2D eigenvalue weighted by atomic mass is 35.5. The van der Waals surface area contributed by atoms with Crippen molar-refractivity contribution in [3.05, 3.63) is 17.2 Å². The standard InChI is InChI=1S/C13H17ClF3N3/c1-19-11-6-12(9(14)5-10(11)18)20-4-2-3-8(7-20)13(15,16)17/h5-6,8,19H,2-4,7,18H2,1H3/t8-/m1/s1. The van der Waals surface area contributed by atoms with Crippen molar-refractivity contribution in [1.82, 2.24) is 0 Å². The van der Waals surface area contributed by atoms with Gasteiger partial charge in [-0.1, -0.05) is 11.6 Å². The number of anilines is 3. The number of rotatable bonds is 2. The van der Waals surface area contributed by atoms with Gasteiger partial charge in [-0.05, 0) is 25.0 Å². The molecule has 0 amide bonds. The molecule has 1 aliphatic heterocycles. The third-order valence-corrected chi connectivity index (χ3v) is 3.92. The van der Waals surface area contributed by atoms with Crippen LogP contribution in [0, 0.1) is 5.92 Å². The Balaban J connectivity index is 2.27. The summed E-state index contributed by atoms with van der Waals surface area (Å²) in [7, 11) is 1.71. The molecule has 112 valence electrons. The third kappa shape index (κ3) is 3.06. The van der Waals surface area contributed by atoms with Crippen LogP contribution >= 0.6 is 11.6 Å². The SMILES string of the molecule is CNc1cc(N2CCC[C@@H](C(F)(F)F)C2)c(Cl)cc1N. The summed E-state index contributed by atoms with van der Waals surface area (Å²) < 4.78 is 38.5. The zero-order valence-corrected chi connectivity index (χ0v) is 11.9. The Morgan fingerprint density at radius 1 is 1.40 bits per heavy atom. The van der Waals surface area contributed by atoms with E-state index in [2.05, 4.69) is 5.32 Å². The molecule has 0 radical (unpaired) electrons. The van der Waals surface area contributed by atoms with E-state index in [1.807, 2.05) is 0 Å². The fraction of sp³-hybridized carbons (Fsp3) is 0.538. The lowest BCUT2D eigenvalue weighted by Crippen LogP contribution is -2.41. The van der Waals surface area contributed by atoms with Crippen molar-refractivity contribution in [2.75, 3.05) is 36.1 Å². The Morgan fingerprint density at radius 3 is 2.70 bits per heavy atom. The fourth-order valence-electron chi connectivity index (χ4n) is 2.50. The second-order valence-electron chi connectivity index (χ2n) is 4.97. The molecule has 0 saturated carbocycles. The average Bonchev–Trinajstić information content (AvgIpc) is 2.38. The van der Waals surface area contributed by atoms with Gasteiger partial charge in [0.2, 0.25) is 0 Å². The van der Waals surface area contributed by atoms with Gasteiger partial charge in [-0.2, -0.15) is 13.2 Å². The van der Waals surface area contributed by atoms with E-state index in [-0.39, 0.29) is 13.0 Å². The van der Waals surface area contributed by atoms with E-state index in [4.69, 9.17) is 17.3 Å². The van der Waals surface area contributed by atoms with Crippen LogP contribution in [0.3, 0.4) is 0 Å². The van der Waals surface area contributed by atoms with Gasteiger partial charge in [0.15, 0.2) is 0 Å². The van der Waals surface area contributed by atoms with Gasteiger partial charge in [0, 0.05) is 20.1 Å². The summed E-state index contributed by atoms with van der Waals surface area (Å²) in [5.74, 6) is -1.30. The second kappa shape index (κ2) is 5.60. The van der Waals surface area contributed by atoms with Crippen molar-refractivity contribution in [2.45, 2.75) is 19.0 Å². The topological polar surface area (TPSA) is 41.3 Å². The lowest BCUT2D eigenvalue weighted by Gasteiger charge is -2.36. The zero-order valence-electron chi connectivity index (χ0n) is 11.1. The van der Waals surface area contributed by atoms with E-state index in [1.54, 1.807) is 24.1 Å². The highest BCUT2D eigenvalue weighted by molar-refractivity contribution is 6.33. The number of alkyl halides is 3. The molecule has 2 rings (SSSR count). The Morgan fingerprint density at radius 2 is 2.10 bits per heavy atom. The first-order valence-corrected chi connectivity index (χ1v) is 6.79. The molecule has 0 bridgehead atoms. The van der Waals surface area contributed by atoms with Crippen LogP contribution in [0.4, 0.5) is 30.2 Å². The Kier molecular flexibility index (Phi) is 4.22. The van der Waals surface area contributed by atoms with E-state index >= 15 is 0 Å². The van der Waals surface area contributed by atoms with Crippen LogP contribution < -0.4 is 16.0 Å². The minimum atomic E-state index is -4.16. The zero-order chi connectivity index (χ0) is 14.9. The third-order valence-electron chi connectivity index (χ3n) is 3.61. The van der Waals surface area contributed by atoms with Gasteiger partial charge in [0.05, 0.1) is 28.0 Å². The summed E-state index contributed by atoms with van der Waals surface area (Å²) >= 11 is 6.12. The summed E-state index contributed by atoms with van der Waals surface area (Å²) in [5.41, 5.74) is 7.52. The number of nitrogen functional groups attached to an aromatic ring is 1. The van der Waals surface area contributed by atoms with Crippen molar-refractivity contribution < 1.29 is 13.2 Å². The van der Waals surface area contributed by atoms with Crippen molar-refractivity contribution in [3.8, 4) is 0 Å². The van der Waals surface area contributed by atoms with E-state index in [0.717, 1.165) is 0 Å². The number of halogens is 4. The number of nitrogens with two attached hydrogens (primary N) is 1. The molecule has 1 aromatic rings. The van der Waals surface area contributed by atoms with Gasteiger partial charge in [-0.3, -0.25) is 0 Å². The molecule has 1 heterocycles. The maximum atomic E-state index is 12.8. The van der Waals surface area contributed by atoms with Gasteiger partial charge >= 0.3 is 6.18 Å². The molecule has 1 saturated heterocycles. The molecule has 0 aliphatic carbocycles. The molecule has 1 aliphatic rings. The molecule has 1 fully saturated rings. The molecule has 1 atom stereocenters. The van der Waals surface area contributed by atoms with Crippen LogP contribution in [-0.4, -0.2) is 26.3 Å². The number of nitrogens with one attached hydrogen (secondary N) is 1. The quantitative estimate of drug-likeness (QED) is 0.818. The van der Waals surface area contributed by atoms with Gasteiger partial charge in [-0.15, -0.1) is 0 Å². The normalized spacial score (nSPS) is 20.1. The molecular formula is C13H17ClF3N3. The van der Waals surface area contributed by atoms with Crippen LogP contribution in [0.1, 0.15) is 12.8 Å². The van der Waals surface area contributed by atoms with E-state index in [1.165, 1.54) is 0 Å². The summed E-state index contributed by atoms with van der Waals surface area (Å²) in [6.07, 6.45) is -3.49. The van der Waals surface area contributed by atoms with Crippen molar-refractivity contribution in [3.63, 3.8) is 0 Å². The lowest BCUT2D eigenvalue weighted by atomic mass is 9.97. The summed E-state index contributed by atoms with van der Waals surface area (Å²) in [6, 6.07) is 3.27. The first kappa shape index (κ1) is 15.1. The molecule has 0 aromatic heterocycles. The van der Waals surface area contributed by atoms with Crippen LogP contribution in [0.5, 0.6) is 0 Å². The predicted octanol–water partition coefficient (Wildman–Crippen LogP) is 3.74. The number of hydrogen-bond acceptors (Lipinski definition) is 3. The second-order valence-corrected chi connectivity index (χ2v) is 5.37. The Hall–Kier alpha value is -1.30. The number of nitrogens with zero attached hydrogens (tertiary/aromatic N) is 1. The van der Waals surface area contributed by atoms with E-state index in [9.17, 15) is 13.2 Å². The number of piperidine rings is 1. The average molecular weight is 308 g/mol. The minimum absolute atomic E-state index is 0.0592. The highest BCUT2D eigenvalue weighted by Gasteiger charge is 2.42. The van der Waals surface area contributed by atoms with Gasteiger partial charge < -0.3 is 16.0 Å². The molecule has 0 unspecified atom stereocenters. The van der Waals surface area contributed by atoms with Crippen LogP contribution in [-0.2, 0) is 0 Å². The van der Waals surface area contributed by atoms with Gasteiger partial charge in [0.25, 0.3) is 0 Å². The van der Waals surface area contributed by atoms with Crippen molar-refractivity contribution >= 4 is 28.7 Å². The predicted molar refractivity (Wildman–Crippen MR) is 76.4 cm³/mol. The summed E-state index contributed by atoms with van der Waals surface area (Å²) in [6.45, 7) is 0.510. The van der Waals surface area contributed by atoms with E-state index < -0.39 is 12.1 Å². The lowest BCUT2D eigenvalue weighted by molar-refractivity contribution is -0.175. The molecule has 20 heavy (non-hydrogen) atoms. The van der Waals surface area contributed by atoms with Crippen LogP contribution in [0.2, 0.25) is 5.02 Å². The minimum Gasteiger partial charge on any atom is -0.397 e. The number of benzene rings is 1. The maximum Gasteiger partial charge on any atom is 0.393 e. The van der Waals surface area contributed by atoms with Crippen LogP contribution in [0.15, 0.2) is 12.1 Å². The first-order valence-electron chi connectivity index (χ1n) is 6.41. The largest absolute Gasteiger partial charge is 0.397 e. The first-order chi connectivity index (χ1) is 9.32. The monoisotopic (exact) mass is 307 g/mol. The Labute approximate surface area is 120 Å². The van der Waals surface area contributed by atoms with Gasteiger partial charge in [-0.25, -0.2) is 0 Å². The smallest absolute Gasteiger partial charge is 0.393 e. The van der Waals surface area contributed by atoms with Crippen molar-refractivity contribution in [1.29, 1.82) is 0 Å². The fourth-order valence-corrected chi connectivity index (χ4v) is 2.79. The maximum absolute atomic E-state index is 12.8. The molecule has 1 aromatic carbocycles. The molecular weight excluding hydrogens is 291 g/mol. The number of hydrogen-bond donors (Lipinski definition) is 2. The van der Waals surface area contributed by atoms with Gasteiger partial charge in [0.1, 0.15) is 0 Å². The van der Waals surface area contributed by atoms with E-state index in [0.29, 0.717) is 35.1 Å². The van der Waals surface area contributed by atoms with Crippen LogP contribution in [0.25, 0.3) is 0 Å². The molecule has 7 heteroatoms. The van der Waals surface area contributed by atoms with Crippen molar-refractivity contribution in [2.24, 2.45) is 5.92 Å². The molecule has 3 nitrogen and oxygen atoms in total. The molecule has 0 spiro atoms. The highest BCUT2D eigenvalue weighted by Crippen LogP contribution is 2.39. The summed E-state index contributed by atoms with van der Waals surface area (Å²) in [4.78, 5) is 1.68.